The van der Waals surface area contributed by atoms with Gasteiger partial charge in [0.15, 0.2) is 5.78 Å². The predicted octanol–water partition coefficient (Wildman–Crippen LogP) is -1.89. The van der Waals surface area contributed by atoms with Crippen LogP contribution in [0.15, 0.2) is 0 Å². The maximum atomic E-state index is 12.6. The van der Waals surface area contributed by atoms with E-state index in [2.05, 4.69) is 21.3 Å². The van der Waals surface area contributed by atoms with Gasteiger partial charge in [-0.2, -0.15) is 0 Å². The van der Waals surface area contributed by atoms with Crippen molar-refractivity contribution in [3.8, 4) is 0 Å². The smallest absolute Gasteiger partial charge is 0.305 e. The predicted molar refractivity (Wildman–Crippen MR) is 109 cm³/mol. The van der Waals surface area contributed by atoms with Gasteiger partial charge in [0.05, 0.1) is 12.8 Å². The highest BCUT2D eigenvalue weighted by Crippen LogP contribution is 2.05. The van der Waals surface area contributed by atoms with Crippen LogP contribution >= 0.6 is 0 Å². The number of ketones is 1. The number of hydrogen-bond donors (Lipinski definition) is 6. The van der Waals surface area contributed by atoms with Crippen LogP contribution in [-0.4, -0.2) is 82.4 Å². The van der Waals surface area contributed by atoms with Gasteiger partial charge in [-0.15, -0.1) is 0 Å². The highest BCUT2D eigenvalue weighted by atomic mass is 19.1. The largest absolute Gasteiger partial charge is 0.481 e. The number of carboxylic acid groups (broad SMARTS) is 2. The van der Waals surface area contributed by atoms with Crippen molar-refractivity contribution in [1.29, 1.82) is 0 Å². The van der Waals surface area contributed by atoms with Gasteiger partial charge in [-0.05, 0) is 12.8 Å². The molecule has 0 aromatic heterocycles. The Balaban J connectivity index is 5.30. The second-order valence-corrected chi connectivity index (χ2v) is 7.57. The molecule has 186 valence electrons. The Labute approximate surface area is 188 Å². The van der Waals surface area contributed by atoms with E-state index in [0.29, 0.717) is 0 Å². The van der Waals surface area contributed by atoms with Crippen LogP contribution in [-0.2, 0) is 33.6 Å². The van der Waals surface area contributed by atoms with E-state index in [9.17, 15) is 38.0 Å². The number of carbonyl (C=O) groups excluding carboxylic acids is 5. The lowest BCUT2D eigenvalue weighted by atomic mass is 10.0. The molecule has 4 amide bonds. The van der Waals surface area contributed by atoms with Crippen molar-refractivity contribution in [3.05, 3.63) is 0 Å². The van der Waals surface area contributed by atoms with Crippen molar-refractivity contribution in [2.45, 2.75) is 64.7 Å². The third-order valence-electron chi connectivity index (χ3n) is 4.29. The van der Waals surface area contributed by atoms with Crippen molar-refractivity contribution in [3.63, 3.8) is 0 Å². The molecule has 4 unspecified atom stereocenters. The molecule has 0 aliphatic carbocycles. The molecule has 4 atom stereocenters. The number of Topliss-reactive ketones (excluding diaryl/α,β-unsaturated/α-hetero) is 1. The Kier molecular flexibility index (Phi) is 12.3. The van der Waals surface area contributed by atoms with Gasteiger partial charge >= 0.3 is 11.9 Å². The van der Waals surface area contributed by atoms with Crippen LogP contribution in [0.4, 0.5) is 4.39 Å². The second kappa shape index (κ2) is 13.8. The van der Waals surface area contributed by atoms with Gasteiger partial charge in [0.1, 0.15) is 30.8 Å². The van der Waals surface area contributed by atoms with Crippen LogP contribution in [0, 0.1) is 5.92 Å². The van der Waals surface area contributed by atoms with Crippen molar-refractivity contribution in [1.82, 2.24) is 21.3 Å². The number of carbonyl (C=O) groups is 7. The number of halogens is 1. The summed E-state index contributed by atoms with van der Waals surface area (Å²) >= 11 is 0. The quantitative estimate of drug-likeness (QED) is 0.165. The molecule has 0 aromatic carbocycles. The number of aliphatic carboxylic acids is 2. The van der Waals surface area contributed by atoms with Gasteiger partial charge in [0, 0.05) is 6.92 Å². The Morgan fingerprint density at radius 2 is 1.24 bits per heavy atom. The standard InChI is InChI=1S/C19H29FN4O9/c1-8(2)16(24-18(32)12(6-15(29)30)22-10(4)25)19(33)21-9(3)17(31)23-11(5-14(27)28)13(26)7-20/h8-9,11-12,16H,5-7H2,1-4H3,(H,21,33)(H,22,25)(H,23,31)(H,24,32)(H,27,28)(H,29,30). The average molecular weight is 476 g/mol. The first-order chi connectivity index (χ1) is 15.2. The minimum atomic E-state index is -1.63. The first-order valence-electron chi connectivity index (χ1n) is 9.90. The zero-order chi connectivity index (χ0) is 25.9. The van der Waals surface area contributed by atoms with E-state index in [1.165, 1.54) is 6.92 Å². The molecule has 0 aliphatic heterocycles. The maximum absolute atomic E-state index is 12.6. The summed E-state index contributed by atoms with van der Waals surface area (Å²) in [6, 6.07) is -5.61. The van der Waals surface area contributed by atoms with Crippen LogP contribution in [0.25, 0.3) is 0 Å². The van der Waals surface area contributed by atoms with Crippen molar-refractivity contribution in [2.24, 2.45) is 5.92 Å². The molecule has 6 N–H and O–H groups in total. The maximum Gasteiger partial charge on any atom is 0.305 e. The summed E-state index contributed by atoms with van der Waals surface area (Å²) in [6.45, 7) is 3.92. The second-order valence-electron chi connectivity index (χ2n) is 7.57. The van der Waals surface area contributed by atoms with Crippen molar-refractivity contribution < 1.29 is 48.2 Å². The fourth-order valence-electron chi connectivity index (χ4n) is 2.60. The van der Waals surface area contributed by atoms with Gasteiger partial charge in [-0.25, -0.2) is 4.39 Å². The lowest BCUT2D eigenvalue weighted by molar-refractivity contribution is -0.142. The number of alkyl halides is 1. The van der Waals surface area contributed by atoms with Crippen LogP contribution in [0.1, 0.15) is 40.5 Å². The van der Waals surface area contributed by atoms with E-state index in [0.717, 1.165) is 6.92 Å². The minimum Gasteiger partial charge on any atom is -0.481 e. The summed E-state index contributed by atoms with van der Waals surface area (Å²) < 4.78 is 12.6. The molecular formula is C19H29FN4O9. The molecule has 0 aromatic rings. The van der Waals surface area contributed by atoms with Gasteiger partial charge in [0.25, 0.3) is 0 Å². The van der Waals surface area contributed by atoms with Gasteiger partial charge in [-0.3, -0.25) is 33.6 Å². The number of nitrogens with one attached hydrogen (secondary N) is 4. The zero-order valence-electron chi connectivity index (χ0n) is 18.6. The first kappa shape index (κ1) is 29.4. The summed E-state index contributed by atoms with van der Waals surface area (Å²) in [6.07, 6.45) is -1.59. The summed E-state index contributed by atoms with van der Waals surface area (Å²) in [5.74, 6) is -7.90. The Hall–Kier alpha value is -3.58. The lowest BCUT2D eigenvalue weighted by Crippen LogP contribution is -2.58. The Bertz CT molecular complexity index is 771. The van der Waals surface area contributed by atoms with Crippen LogP contribution in [0.3, 0.4) is 0 Å². The molecular weight excluding hydrogens is 447 g/mol. The van der Waals surface area contributed by atoms with E-state index in [1.807, 2.05) is 0 Å². The van der Waals surface area contributed by atoms with Crippen LogP contribution < -0.4 is 21.3 Å². The number of hydrogen-bond acceptors (Lipinski definition) is 7. The first-order valence-corrected chi connectivity index (χ1v) is 9.90. The minimum absolute atomic E-state index is 0.528. The van der Waals surface area contributed by atoms with Crippen molar-refractivity contribution >= 4 is 41.4 Å². The molecule has 0 bridgehead atoms. The molecule has 0 heterocycles. The van der Waals surface area contributed by atoms with E-state index in [1.54, 1.807) is 13.8 Å². The summed E-state index contributed by atoms with van der Waals surface area (Å²) in [5.41, 5.74) is 0. The molecule has 0 aliphatic rings. The lowest BCUT2D eigenvalue weighted by Gasteiger charge is -2.26. The highest BCUT2D eigenvalue weighted by Gasteiger charge is 2.32. The number of carboxylic acids is 2. The molecule has 33 heavy (non-hydrogen) atoms. The number of amides is 4. The molecule has 0 spiro atoms. The monoisotopic (exact) mass is 476 g/mol. The number of rotatable bonds is 14. The van der Waals surface area contributed by atoms with Gasteiger partial charge in [0.2, 0.25) is 23.6 Å². The normalized spacial score (nSPS) is 14.2. The molecule has 14 heteroatoms. The Morgan fingerprint density at radius 1 is 0.727 bits per heavy atom. The van der Waals surface area contributed by atoms with Crippen LogP contribution in [0.2, 0.25) is 0 Å². The molecule has 0 radical (unpaired) electrons. The van der Waals surface area contributed by atoms with Crippen LogP contribution in [0.5, 0.6) is 0 Å². The van der Waals surface area contributed by atoms with E-state index in [-0.39, 0.29) is 0 Å². The fourth-order valence-corrected chi connectivity index (χ4v) is 2.60. The fraction of sp³-hybridized carbons (Fsp3) is 0.632. The molecule has 13 nitrogen and oxygen atoms in total. The SMILES string of the molecule is CC(=O)NC(CC(=O)O)C(=O)NC(C(=O)NC(C)C(=O)NC(CC(=O)O)C(=O)CF)C(C)C. The summed E-state index contributed by atoms with van der Waals surface area (Å²) in [7, 11) is 0. The zero-order valence-corrected chi connectivity index (χ0v) is 18.6. The molecule has 0 rings (SSSR count). The van der Waals surface area contributed by atoms with E-state index in [4.69, 9.17) is 10.2 Å². The van der Waals surface area contributed by atoms with E-state index < -0.39 is 91.0 Å². The summed E-state index contributed by atoms with van der Waals surface area (Å²) in [5, 5.41) is 26.5. The molecule has 0 saturated heterocycles. The van der Waals surface area contributed by atoms with E-state index >= 15 is 0 Å². The van der Waals surface area contributed by atoms with Gasteiger partial charge in [-0.1, -0.05) is 13.8 Å². The molecule has 0 fully saturated rings. The summed E-state index contributed by atoms with van der Waals surface area (Å²) in [4.78, 5) is 81.8. The topological polar surface area (TPSA) is 208 Å². The van der Waals surface area contributed by atoms with Gasteiger partial charge < -0.3 is 31.5 Å². The van der Waals surface area contributed by atoms with Crippen molar-refractivity contribution in [2.75, 3.05) is 6.67 Å². The third-order valence-corrected chi connectivity index (χ3v) is 4.29. The third kappa shape index (κ3) is 11.0. The molecule has 0 saturated carbocycles. The Morgan fingerprint density at radius 3 is 1.67 bits per heavy atom. The highest BCUT2D eigenvalue weighted by molar-refractivity contribution is 5.97. The average Bonchev–Trinajstić information content (AvgIpc) is 2.68.